The normalized spacial score (nSPS) is 11.9. The van der Waals surface area contributed by atoms with E-state index >= 15 is 0 Å². The van der Waals surface area contributed by atoms with Crippen LogP contribution < -0.4 is 10.2 Å². The smallest absolute Gasteiger partial charge is 0.253 e. The van der Waals surface area contributed by atoms with Crippen molar-refractivity contribution in [2.75, 3.05) is 0 Å². The number of rotatable bonds is 7. The number of hydrogen-bond acceptors (Lipinski definition) is 4. The first kappa shape index (κ1) is 18.7. The molecule has 4 nitrogen and oxygen atoms in total. The number of hydrazone groups is 1. The zero-order valence-corrected chi connectivity index (χ0v) is 15.7. The average molecular weight is 376 g/mol. The molecule has 3 aromatic carbocycles. The lowest BCUT2D eigenvalue weighted by molar-refractivity contribution is -0.120. The van der Waals surface area contributed by atoms with Crippen molar-refractivity contribution in [3.8, 4) is 11.5 Å². The first-order valence-electron chi connectivity index (χ1n) is 8.58. The molecule has 1 N–H and O–H groups in total. The lowest BCUT2D eigenvalue weighted by atomic mass is 10.2. The molecule has 0 saturated carbocycles. The highest BCUT2D eigenvalue weighted by Crippen LogP contribution is 2.23. The van der Waals surface area contributed by atoms with E-state index in [-0.39, 0.29) is 11.2 Å². The van der Waals surface area contributed by atoms with E-state index < -0.39 is 0 Å². The summed E-state index contributed by atoms with van der Waals surface area (Å²) in [6.07, 6.45) is 1.62. The summed E-state index contributed by atoms with van der Waals surface area (Å²) in [5, 5.41) is 3.81. The molecule has 0 radical (unpaired) electrons. The van der Waals surface area contributed by atoms with Gasteiger partial charge in [0, 0.05) is 4.90 Å². The molecule has 0 fully saturated rings. The summed E-state index contributed by atoms with van der Waals surface area (Å²) in [5.74, 6) is 1.40. The molecule has 0 aliphatic rings. The third-order valence-corrected chi connectivity index (χ3v) is 4.78. The second-order valence-electron chi connectivity index (χ2n) is 5.79. The SMILES string of the molecule is CC(Sc1ccccc1)C(=O)NN=Cc1ccc(Oc2ccccc2)cc1. The van der Waals surface area contributed by atoms with Gasteiger partial charge in [0.1, 0.15) is 11.5 Å². The molecule has 0 heterocycles. The Morgan fingerprint density at radius 3 is 2.19 bits per heavy atom. The summed E-state index contributed by atoms with van der Waals surface area (Å²) in [7, 11) is 0. The first-order valence-corrected chi connectivity index (χ1v) is 9.46. The molecular formula is C22H20N2O2S. The molecule has 1 atom stereocenters. The minimum absolute atomic E-state index is 0.135. The number of ether oxygens (including phenoxy) is 1. The summed E-state index contributed by atoms with van der Waals surface area (Å²) in [6.45, 7) is 1.86. The number of hydrogen-bond donors (Lipinski definition) is 1. The standard InChI is InChI=1S/C22H20N2O2S/c1-17(27-21-10-6-3-7-11-21)22(25)24-23-16-18-12-14-20(15-13-18)26-19-8-4-2-5-9-19/h2-17H,1H3,(H,24,25). The molecular weight excluding hydrogens is 356 g/mol. The number of amides is 1. The maximum absolute atomic E-state index is 12.1. The highest BCUT2D eigenvalue weighted by Gasteiger charge is 2.13. The molecule has 1 amide bonds. The molecule has 0 aromatic heterocycles. The predicted octanol–water partition coefficient (Wildman–Crippen LogP) is 5.11. The molecule has 136 valence electrons. The van der Waals surface area contributed by atoms with Gasteiger partial charge >= 0.3 is 0 Å². The summed E-state index contributed by atoms with van der Waals surface area (Å²) >= 11 is 1.50. The second kappa shape index (κ2) is 9.59. The molecule has 0 aliphatic carbocycles. The number of nitrogens with one attached hydrogen (secondary N) is 1. The van der Waals surface area contributed by atoms with Gasteiger partial charge in [0.25, 0.3) is 5.91 Å². The average Bonchev–Trinajstić information content (AvgIpc) is 2.71. The van der Waals surface area contributed by atoms with Crippen molar-refractivity contribution in [1.29, 1.82) is 0 Å². The number of thioether (sulfide) groups is 1. The van der Waals surface area contributed by atoms with Crippen molar-refractivity contribution in [2.45, 2.75) is 17.1 Å². The molecule has 5 heteroatoms. The third kappa shape index (κ3) is 6.01. The Morgan fingerprint density at radius 2 is 1.52 bits per heavy atom. The zero-order valence-electron chi connectivity index (χ0n) is 14.9. The number of nitrogens with zero attached hydrogens (tertiary/aromatic N) is 1. The molecule has 0 saturated heterocycles. The number of carbonyl (C=O) groups is 1. The van der Waals surface area contributed by atoms with Crippen LogP contribution in [0.15, 0.2) is 94.9 Å². The van der Waals surface area contributed by atoms with Gasteiger partial charge in [-0.1, -0.05) is 36.4 Å². The minimum Gasteiger partial charge on any atom is -0.457 e. The molecule has 3 rings (SSSR count). The van der Waals surface area contributed by atoms with E-state index in [0.29, 0.717) is 0 Å². The highest BCUT2D eigenvalue weighted by molar-refractivity contribution is 8.00. The van der Waals surface area contributed by atoms with Crippen molar-refractivity contribution in [3.05, 3.63) is 90.5 Å². The first-order chi connectivity index (χ1) is 13.2. The number of para-hydroxylation sites is 1. The van der Waals surface area contributed by atoms with Crippen LogP contribution >= 0.6 is 11.8 Å². The van der Waals surface area contributed by atoms with E-state index in [1.54, 1.807) is 6.21 Å². The number of benzene rings is 3. The summed E-state index contributed by atoms with van der Waals surface area (Å²) in [6, 6.07) is 26.9. The third-order valence-electron chi connectivity index (χ3n) is 3.67. The topological polar surface area (TPSA) is 50.7 Å². The minimum atomic E-state index is -0.230. The van der Waals surface area contributed by atoms with Crippen LogP contribution in [-0.4, -0.2) is 17.4 Å². The van der Waals surface area contributed by atoms with Gasteiger partial charge in [-0.15, -0.1) is 11.8 Å². The maximum Gasteiger partial charge on any atom is 0.253 e. The Bertz CT molecular complexity index is 881. The highest BCUT2D eigenvalue weighted by atomic mass is 32.2. The molecule has 0 aliphatic heterocycles. The lowest BCUT2D eigenvalue weighted by Crippen LogP contribution is -2.26. The van der Waals surface area contributed by atoms with Crippen LogP contribution in [0.2, 0.25) is 0 Å². The van der Waals surface area contributed by atoms with Gasteiger partial charge < -0.3 is 4.74 Å². The van der Waals surface area contributed by atoms with E-state index in [1.807, 2.05) is 91.9 Å². The van der Waals surface area contributed by atoms with Gasteiger partial charge in [-0.05, 0) is 61.0 Å². The van der Waals surface area contributed by atoms with Crippen molar-refractivity contribution < 1.29 is 9.53 Å². The fourth-order valence-electron chi connectivity index (χ4n) is 2.26. The van der Waals surface area contributed by atoms with E-state index in [1.165, 1.54) is 11.8 Å². The van der Waals surface area contributed by atoms with Crippen LogP contribution in [0.25, 0.3) is 0 Å². The van der Waals surface area contributed by atoms with Gasteiger partial charge in [-0.3, -0.25) is 4.79 Å². The van der Waals surface area contributed by atoms with Gasteiger partial charge in [0.05, 0.1) is 11.5 Å². The van der Waals surface area contributed by atoms with Gasteiger partial charge in [-0.2, -0.15) is 5.10 Å². The summed E-state index contributed by atoms with van der Waals surface area (Å²) in [5.41, 5.74) is 3.46. The van der Waals surface area contributed by atoms with Crippen molar-refractivity contribution in [2.24, 2.45) is 5.10 Å². The van der Waals surface area contributed by atoms with E-state index in [2.05, 4.69) is 10.5 Å². The molecule has 0 bridgehead atoms. The molecule has 3 aromatic rings. The van der Waals surface area contributed by atoms with Crippen LogP contribution in [0, 0.1) is 0 Å². The second-order valence-corrected chi connectivity index (χ2v) is 7.21. The van der Waals surface area contributed by atoms with Crippen molar-refractivity contribution in [1.82, 2.24) is 5.43 Å². The van der Waals surface area contributed by atoms with Gasteiger partial charge in [-0.25, -0.2) is 5.43 Å². The van der Waals surface area contributed by atoms with Crippen LogP contribution in [0.4, 0.5) is 0 Å². The Kier molecular flexibility index (Phi) is 6.66. The van der Waals surface area contributed by atoms with Gasteiger partial charge in [0.15, 0.2) is 0 Å². The van der Waals surface area contributed by atoms with Crippen LogP contribution in [0.1, 0.15) is 12.5 Å². The quantitative estimate of drug-likeness (QED) is 0.354. The van der Waals surface area contributed by atoms with Crippen LogP contribution in [0.3, 0.4) is 0 Å². The fourth-order valence-corrected chi connectivity index (χ4v) is 3.15. The summed E-state index contributed by atoms with van der Waals surface area (Å²) < 4.78 is 5.75. The van der Waals surface area contributed by atoms with Crippen LogP contribution in [0.5, 0.6) is 11.5 Å². The van der Waals surface area contributed by atoms with E-state index in [9.17, 15) is 4.79 Å². The molecule has 1 unspecified atom stereocenters. The Hall–Kier alpha value is -3.05. The monoisotopic (exact) mass is 376 g/mol. The lowest BCUT2D eigenvalue weighted by Gasteiger charge is -2.09. The molecule has 0 spiro atoms. The Morgan fingerprint density at radius 1 is 0.926 bits per heavy atom. The van der Waals surface area contributed by atoms with E-state index in [4.69, 9.17) is 4.74 Å². The fraction of sp³-hybridized carbons (Fsp3) is 0.0909. The largest absolute Gasteiger partial charge is 0.457 e. The summed E-state index contributed by atoms with van der Waals surface area (Å²) in [4.78, 5) is 13.2. The van der Waals surface area contributed by atoms with Gasteiger partial charge in [0.2, 0.25) is 0 Å². The maximum atomic E-state index is 12.1. The van der Waals surface area contributed by atoms with Crippen LogP contribution in [-0.2, 0) is 4.79 Å². The predicted molar refractivity (Wildman–Crippen MR) is 110 cm³/mol. The Balaban J connectivity index is 1.49. The zero-order chi connectivity index (χ0) is 18.9. The van der Waals surface area contributed by atoms with E-state index in [0.717, 1.165) is 22.0 Å². The molecule has 27 heavy (non-hydrogen) atoms. The Labute approximate surface area is 163 Å². The van der Waals surface area contributed by atoms with Crippen molar-refractivity contribution >= 4 is 23.9 Å². The number of carbonyl (C=O) groups excluding carboxylic acids is 1. The van der Waals surface area contributed by atoms with Crippen molar-refractivity contribution in [3.63, 3.8) is 0 Å².